The molecule has 20 heavy (non-hydrogen) atoms. The van der Waals surface area contributed by atoms with Gasteiger partial charge in [-0.1, -0.05) is 18.7 Å². The van der Waals surface area contributed by atoms with E-state index in [4.69, 9.17) is 5.11 Å². The van der Waals surface area contributed by atoms with Crippen LogP contribution in [0.2, 0.25) is 0 Å². The highest BCUT2D eigenvalue weighted by Crippen LogP contribution is 2.24. The summed E-state index contributed by atoms with van der Waals surface area (Å²) < 4.78 is 0. The highest BCUT2D eigenvalue weighted by atomic mass is 32.2. The number of rotatable bonds is 7. The third kappa shape index (κ3) is 3.83. The first-order valence-corrected chi connectivity index (χ1v) is 8.27. The number of nitrogens with one attached hydrogen (secondary N) is 1. The Morgan fingerprint density at radius 2 is 2.30 bits per heavy atom. The van der Waals surface area contributed by atoms with Crippen LogP contribution in [0.4, 0.5) is 0 Å². The standard InChI is InChI=1S/C13H16N2O3S2/c1-2-8-7-9-11(18)14-13(15-12(9)20-8)19-6-4-3-5-10(16)17/h7H,2-6H2,1H3,(H,16,17)(H,14,15,18). The number of carboxylic acid groups (broad SMARTS) is 1. The maximum absolute atomic E-state index is 11.9. The number of thiophene rings is 1. The molecular formula is C13H16N2O3S2. The third-order valence-electron chi connectivity index (χ3n) is 2.80. The molecule has 0 fully saturated rings. The summed E-state index contributed by atoms with van der Waals surface area (Å²) in [5.74, 6) is -0.0121. The topological polar surface area (TPSA) is 83.0 Å². The molecule has 0 atom stereocenters. The van der Waals surface area contributed by atoms with Crippen molar-refractivity contribution in [2.24, 2.45) is 0 Å². The molecule has 108 valence electrons. The second kappa shape index (κ2) is 6.90. The number of aryl methyl sites for hydroxylation is 1. The summed E-state index contributed by atoms with van der Waals surface area (Å²) in [6.45, 7) is 2.05. The Hall–Kier alpha value is -1.34. The van der Waals surface area contributed by atoms with Gasteiger partial charge in [-0.3, -0.25) is 9.59 Å². The number of aromatic amines is 1. The zero-order valence-electron chi connectivity index (χ0n) is 11.1. The van der Waals surface area contributed by atoms with E-state index in [2.05, 4.69) is 16.9 Å². The molecule has 0 aliphatic heterocycles. The van der Waals surface area contributed by atoms with Gasteiger partial charge in [0.2, 0.25) is 0 Å². The number of fused-ring (bicyclic) bond motifs is 1. The predicted octanol–water partition coefficient (Wildman–Crippen LogP) is 2.89. The van der Waals surface area contributed by atoms with E-state index in [0.29, 0.717) is 17.0 Å². The second-order valence-corrected chi connectivity index (χ2v) is 6.55. The fourth-order valence-corrected chi connectivity index (χ4v) is 3.64. The molecule has 2 heterocycles. The van der Waals surface area contributed by atoms with E-state index in [1.807, 2.05) is 6.07 Å². The fraction of sp³-hybridized carbons (Fsp3) is 0.462. The number of thioether (sulfide) groups is 1. The molecule has 5 nitrogen and oxygen atoms in total. The Bertz CT molecular complexity index is 663. The van der Waals surface area contributed by atoms with Crippen molar-refractivity contribution in [3.05, 3.63) is 21.3 Å². The van der Waals surface area contributed by atoms with Crippen molar-refractivity contribution in [3.63, 3.8) is 0 Å². The van der Waals surface area contributed by atoms with Crippen LogP contribution in [0.5, 0.6) is 0 Å². The maximum atomic E-state index is 11.9. The molecule has 2 N–H and O–H groups in total. The molecule has 0 aliphatic carbocycles. The number of aromatic nitrogens is 2. The molecule has 7 heteroatoms. The van der Waals surface area contributed by atoms with Gasteiger partial charge in [0.05, 0.1) is 5.39 Å². The number of aliphatic carboxylic acids is 1. The minimum atomic E-state index is -0.770. The highest BCUT2D eigenvalue weighted by molar-refractivity contribution is 7.99. The van der Waals surface area contributed by atoms with Crippen molar-refractivity contribution < 1.29 is 9.90 Å². The smallest absolute Gasteiger partial charge is 0.303 e. The number of carbonyl (C=O) groups is 1. The molecule has 0 aliphatic rings. The first-order chi connectivity index (χ1) is 9.60. The Labute approximate surface area is 124 Å². The van der Waals surface area contributed by atoms with Crippen LogP contribution in [0.3, 0.4) is 0 Å². The molecule has 0 bridgehead atoms. The van der Waals surface area contributed by atoms with Gasteiger partial charge in [-0.15, -0.1) is 11.3 Å². The summed E-state index contributed by atoms with van der Waals surface area (Å²) in [4.78, 5) is 31.5. The third-order valence-corrected chi connectivity index (χ3v) is 4.94. The summed E-state index contributed by atoms with van der Waals surface area (Å²) in [6, 6.07) is 1.90. The average Bonchev–Trinajstić information content (AvgIpc) is 2.81. The number of H-pyrrole nitrogens is 1. The van der Waals surface area contributed by atoms with Gasteiger partial charge in [-0.05, 0) is 25.3 Å². The minimum Gasteiger partial charge on any atom is -0.481 e. The largest absolute Gasteiger partial charge is 0.481 e. The molecule has 2 aromatic rings. The monoisotopic (exact) mass is 312 g/mol. The van der Waals surface area contributed by atoms with Gasteiger partial charge < -0.3 is 10.1 Å². The molecule has 0 saturated heterocycles. The van der Waals surface area contributed by atoms with Crippen LogP contribution < -0.4 is 5.56 Å². The van der Waals surface area contributed by atoms with Gasteiger partial charge in [-0.25, -0.2) is 4.98 Å². The van der Waals surface area contributed by atoms with Crippen molar-refractivity contribution in [2.45, 2.75) is 37.8 Å². The number of hydrogen-bond acceptors (Lipinski definition) is 5. The first kappa shape index (κ1) is 15.1. The maximum Gasteiger partial charge on any atom is 0.303 e. The first-order valence-electron chi connectivity index (χ1n) is 6.47. The summed E-state index contributed by atoms with van der Waals surface area (Å²) >= 11 is 3.02. The van der Waals surface area contributed by atoms with Crippen molar-refractivity contribution in [3.8, 4) is 0 Å². The Balaban J connectivity index is 2.00. The lowest BCUT2D eigenvalue weighted by atomic mass is 10.3. The Kier molecular flexibility index (Phi) is 5.19. The molecule has 0 spiro atoms. The predicted molar refractivity (Wildman–Crippen MR) is 81.8 cm³/mol. The van der Waals surface area contributed by atoms with Crippen LogP contribution in [0.1, 0.15) is 31.1 Å². The van der Waals surface area contributed by atoms with Gasteiger partial charge in [0, 0.05) is 17.1 Å². The molecule has 2 aromatic heterocycles. The zero-order valence-corrected chi connectivity index (χ0v) is 12.8. The molecular weight excluding hydrogens is 296 g/mol. The van der Waals surface area contributed by atoms with E-state index in [9.17, 15) is 9.59 Å². The Morgan fingerprint density at radius 1 is 1.50 bits per heavy atom. The quantitative estimate of drug-likeness (QED) is 0.466. The van der Waals surface area contributed by atoms with Gasteiger partial charge in [0.15, 0.2) is 5.16 Å². The van der Waals surface area contributed by atoms with Crippen molar-refractivity contribution in [2.75, 3.05) is 5.75 Å². The van der Waals surface area contributed by atoms with Gasteiger partial charge in [0.25, 0.3) is 5.56 Å². The van der Waals surface area contributed by atoms with Gasteiger partial charge >= 0.3 is 5.97 Å². The molecule has 0 saturated carbocycles. The van der Waals surface area contributed by atoms with E-state index in [-0.39, 0.29) is 12.0 Å². The normalized spacial score (nSPS) is 11.1. The summed E-state index contributed by atoms with van der Waals surface area (Å²) in [6.07, 6.45) is 2.53. The summed E-state index contributed by atoms with van der Waals surface area (Å²) in [5, 5.41) is 9.81. The average molecular weight is 312 g/mol. The van der Waals surface area contributed by atoms with E-state index >= 15 is 0 Å². The van der Waals surface area contributed by atoms with E-state index in [0.717, 1.165) is 28.3 Å². The number of unbranched alkanes of at least 4 members (excludes halogenated alkanes) is 1. The van der Waals surface area contributed by atoms with Gasteiger partial charge in [-0.2, -0.15) is 0 Å². The van der Waals surface area contributed by atoms with E-state index in [1.54, 1.807) is 11.3 Å². The van der Waals surface area contributed by atoms with Crippen LogP contribution in [0.25, 0.3) is 10.2 Å². The SMILES string of the molecule is CCc1cc2c(=O)[nH]c(SCCCCC(=O)O)nc2s1. The zero-order chi connectivity index (χ0) is 14.5. The molecule has 0 aromatic carbocycles. The lowest BCUT2D eigenvalue weighted by Gasteiger charge is -2.00. The lowest BCUT2D eigenvalue weighted by Crippen LogP contribution is -2.07. The van der Waals surface area contributed by atoms with Crippen LogP contribution in [0.15, 0.2) is 16.0 Å². The lowest BCUT2D eigenvalue weighted by molar-refractivity contribution is -0.137. The number of nitrogens with zero attached hydrogens (tertiary/aromatic N) is 1. The molecule has 2 rings (SSSR count). The van der Waals surface area contributed by atoms with Crippen LogP contribution >= 0.6 is 23.1 Å². The molecule has 0 unspecified atom stereocenters. The van der Waals surface area contributed by atoms with Gasteiger partial charge in [0.1, 0.15) is 4.83 Å². The van der Waals surface area contributed by atoms with Crippen LogP contribution in [0, 0.1) is 0 Å². The Morgan fingerprint density at radius 3 is 3.00 bits per heavy atom. The molecule has 0 amide bonds. The van der Waals surface area contributed by atoms with Crippen molar-refractivity contribution in [1.82, 2.24) is 9.97 Å². The number of carboxylic acids is 1. The van der Waals surface area contributed by atoms with Crippen LogP contribution in [-0.2, 0) is 11.2 Å². The second-order valence-electron chi connectivity index (χ2n) is 4.36. The highest BCUT2D eigenvalue weighted by Gasteiger charge is 2.08. The number of hydrogen-bond donors (Lipinski definition) is 2. The summed E-state index contributed by atoms with van der Waals surface area (Å²) in [5.41, 5.74) is -0.0982. The van der Waals surface area contributed by atoms with Crippen molar-refractivity contribution in [1.29, 1.82) is 0 Å². The minimum absolute atomic E-state index is 0.0982. The fourth-order valence-electron chi connectivity index (χ4n) is 1.75. The van der Waals surface area contributed by atoms with Crippen LogP contribution in [-0.4, -0.2) is 26.8 Å². The van der Waals surface area contributed by atoms with Crippen molar-refractivity contribution >= 4 is 39.3 Å². The molecule has 0 radical (unpaired) electrons. The summed E-state index contributed by atoms with van der Waals surface area (Å²) in [7, 11) is 0. The van der Waals surface area contributed by atoms with E-state index < -0.39 is 5.97 Å². The van der Waals surface area contributed by atoms with E-state index in [1.165, 1.54) is 11.8 Å².